The van der Waals surface area contributed by atoms with Crippen molar-refractivity contribution < 1.29 is 9.53 Å². The number of ether oxygens (including phenoxy) is 1. The van der Waals surface area contributed by atoms with Crippen LogP contribution >= 0.6 is 0 Å². The van der Waals surface area contributed by atoms with E-state index in [1.807, 2.05) is 24.6 Å². The first-order valence-corrected chi connectivity index (χ1v) is 7.46. The number of rotatable bonds is 3. The van der Waals surface area contributed by atoms with Crippen LogP contribution in [0.5, 0.6) is 0 Å². The van der Waals surface area contributed by atoms with E-state index in [9.17, 15) is 4.79 Å². The third-order valence-corrected chi connectivity index (χ3v) is 3.43. The highest BCUT2D eigenvalue weighted by molar-refractivity contribution is 5.91. The number of morpholine rings is 1. The molecule has 2 rings (SSSR count). The lowest BCUT2D eigenvalue weighted by Crippen LogP contribution is -2.44. The highest BCUT2D eigenvalue weighted by Gasteiger charge is 2.22. The molecule has 1 aliphatic heterocycles. The molecule has 1 saturated heterocycles. The zero-order chi connectivity index (χ0) is 15.6. The van der Waals surface area contributed by atoms with Crippen LogP contribution in [0.3, 0.4) is 0 Å². The first-order chi connectivity index (χ1) is 9.75. The second-order valence-electron chi connectivity index (χ2n) is 6.72. The van der Waals surface area contributed by atoms with Gasteiger partial charge in [0.1, 0.15) is 5.82 Å². The summed E-state index contributed by atoms with van der Waals surface area (Å²) in [6.07, 6.45) is 0.189. The Labute approximate surface area is 126 Å². The predicted octanol–water partition coefficient (Wildman–Crippen LogP) is 1.61. The molecule has 0 saturated carbocycles. The van der Waals surface area contributed by atoms with Gasteiger partial charge in [0, 0.05) is 19.2 Å². The van der Waals surface area contributed by atoms with Crippen LogP contribution in [0.1, 0.15) is 33.4 Å². The monoisotopic (exact) mass is 294 g/mol. The Morgan fingerprint density at radius 3 is 2.86 bits per heavy atom. The molecule has 1 atom stereocenters. The molecule has 0 aliphatic carbocycles. The number of anilines is 1. The van der Waals surface area contributed by atoms with Crippen molar-refractivity contribution in [2.75, 3.05) is 31.6 Å². The van der Waals surface area contributed by atoms with Crippen LogP contribution < -0.4 is 5.32 Å². The van der Waals surface area contributed by atoms with E-state index in [1.54, 1.807) is 0 Å². The van der Waals surface area contributed by atoms with Crippen LogP contribution in [0.4, 0.5) is 5.82 Å². The molecular weight excluding hydrogens is 268 g/mol. The fraction of sp³-hybridized carbons (Fsp3) is 0.733. The standard InChI is InChI=1S/C15H26N4O2/c1-11-8-13(19(17-11)15(3,4)5)16-14(20)10-18-6-7-21-12(2)9-18/h8,12H,6-7,9-10H2,1-5H3,(H,16,20)/t12-/m1/s1. The van der Waals surface area contributed by atoms with Crippen molar-refractivity contribution in [1.29, 1.82) is 0 Å². The van der Waals surface area contributed by atoms with Crippen LogP contribution in [0, 0.1) is 6.92 Å². The van der Waals surface area contributed by atoms with E-state index in [0.717, 1.165) is 24.6 Å². The normalized spacial score (nSPS) is 20.5. The van der Waals surface area contributed by atoms with Crippen molar-refractivity contribution in [3.63, 3.8) is 0 Å². The Kier molecular flexibility index (Phi) is 4.68. The van der Waals surface area contributed by atoms with Gasteiger partial charge in [-0.05, 0) is 34.6 Å². The molecule has 0 bridgehead atoms. The maximum atomic E-state index is 12.2. The Hall–Kier alpha value is -1.40. The van der Waals surface area contributed by atoms with Gasteiger partial charge in [-0.25, -0.2) is 4.68 Å². The van der Waals surface area contributed by atoms with E-state index in [4.69, 9.17) is 4.74 Å². The summed E-state index contributed by atoms with van der Waals surface area (Å²) in [6.45, 7) is 12.8. The summed E-state index contributed by atoms with van der Waals surface area (Å²) < 4.78 is 7.35. The van der Waals surface area contributed by atoms with E-state index >= 15 is 0 Å². The first kappa shape index (κ1) is 16.0. The SMILES string of the molecule is Cc1cc(NC(=O)CN2CCO[C@H](C)C2)n(C(C)(C)C)n1. The van der Waals surface area contributed by atoms with Gasteiger partial charge in [0.15, 0.2) is 0 Å². The maximum Gasteiger partial charge on any atom is 0.239 e. The molecule has 1 aromatic rings. The van der Waals surface area contributed by atoms with Gasteiger partial charge in [-0.3, -0.25) is 9.69 Å². The van der Waals surface area contributed by atoms with Crippen LogP contribution in [-0.4, -0.2) is 52.9 Å². The molecule has 0 unspecified atom stereocenters. The minimum Gasteiger partial charge on any atom is -0.376 e. The van der Waals surface area contributed by atoms with Crippen molar-refractivity contribution in [1.82, 2.24) is 14.7 Å². The van der Waals surface area contributed by atoms with Gasteiger partial charge in [-0.1, -0.05) is 0 Å². The number of hydrogen-bond donors (Lipinski definition) is 1. The topological polar surface area (TPSA) is 59.4 Å². The van der Waals surface area contributed by atoms with Crippen molar-refractivity contribution in [3.8, 4) is 0 Å². The molecule has 6 heteroatoms. The van der Waals surface area contributed by atoms with Crippen molar-refractivity contribution in [2.45, 2.75) is 46.3 Å². The maximum absolute atomic E-state index is 12.2. The molecular formula is C15H26N4O2. The molecule has 1 aliphatic rings. The second kappa shape index (κ2) is 6.15. The van der Waals surface area contributed by atoms with Crippen molar-refractivity contribution in [3.05, 3.63) is 11.8 Å². The number of carbonyl (C=O) groups is 1. The van der Waals surface area contributed by atoms with E-state index < -0.39 is 0 Å². The molecule has 1 aromatic heterocycles. The van der Waals surface area contributed by atoms with Gasteiger partial charge in [0.05, 0.1) is 30.5 Å². The molecule has 1 N–H and O–H groups in total. The summed E-state index contributed by atoms with van der Waals surface area (Å²) >= 11 is 0. The zero-order valence-electron chi connectivity index (χ0n) is 13.6. The highest BCUT2D eigenvalue weighted by atomic mass is 16.5. The highest BCUT2D eigenvalue weighted by Crippen LogP contribution is 2.21. The Morgan fingerprint density at radius 1 is 1.52 bits per heavy atom. The Balaban J connectivity index is 2.00. The lowest BCUT2D eigenvalue weighted by atomic mass is 10.1. The summed E-state index contributed by atoms with van der Waals surface area (Å²) in [6, 6.07) is 1.91. The van der Waals surface area contributed by atoms with E-state index in [1.165, 1.54) is 0 Å². The fourth-order valence-corrected chi connectivity index (χ4v) is 2.52. The molecule has 0 aromatic carbocycles. The predicted molar refractivity (Wildman–Crippen MR) is 82.4 cm³/mol. The molecule has 2 heterocycles. The van der Waals surface area contributed by atoms with E-state index in [2.05, 4.69) is 36.1 Å². The summed E-state index contributed by atoms with van der Waals surface area (Å²) in [7, 11) is 0. The Morgan fingerprint density at radius 2 is 2.24 bits per heavy atom. The van der Waals surface area contributed by atoms with Gasteiger partial charge >= 0.3 is 0 Å². The number of hydrogen-bond acceptors (Lipinski definition) is 4. The molecule has 21 heavy (non-hydrogen) atoms. The van der Waals surface area contributed by atoms with Crippen LogP contribution in [-0.2, 0) is 15.1 Å². The van der Waals surface area contributed by atoms with Crippen LogP contribution in [0.15, 0.2) is 6.07 Å². The summed E-state index contributed by atoms with van der Waals surface area (Å²) in [5, 5.41) is 7.44. The number of nitrogens with one attached hydrogen (secondary N) is 1. The lowest BCUT2D eigenvalue weighted by Gasteiger charge is -2.30. The molecule has 0 radical (unpaired) electrons. The molecule has 0 spiro atoms. The molecule has 1 amide bonds. The smallest absolute Gasteiger partial charge is 0.239 e. The van der Waals surface area contributed by atoms with Gasteiger partial charge in [0.25, 0.3) is 0 Å². The lowest BCUT2D eigenvalue weighted by molar-refractivity contribution is -0.119. The number of amides is 1. The summed E-state index contributed by atoms with van der Waals surface area (Å²) in [5.74, 6) is 0.751. The largest absolute Gasteiger partial charge is 0.376 e. The summed E-state index contributed by atoms with van der Waals surface area (Å²) in [5.41, 5.74) is 0.741. The van der Waals surface area contributed by atoms with Crippen LogP contribution in [0.25, 0.3) is 0 Å². The fourth-order valence-electron chi connectivity index (χ4n) is 2.52. The molecule has 118 valence electrons. The number of aromatic nitrogens is 2. The third kappa shape index (κ3) is 4.28. The number of nitrogens with zero attached hydrogens (tertiary/aromatic N) is 3. The van der Waals surface area contributed by atoms with Gasteiger partial charge in [-0.15, -0.1) is 0 Å². The van der Waals surface area contributed by atoms with Gasteiger partial charge < -0.3 is 10.1 Å². The first-order valence-electron chi connectivity index (χ1n) is 7.46. The average Bonchev–Trinajstić information content (AvgIpc) is 2.69. The Bertz CT molecular complexity index is 504. The number of carbonyl (C=O) groups excluding carboxylic acids is 1. The van der Waals surface area contributed by atoms with Gasteiger partial charge in [0.2, 0.25) is 5.91 Å². The minimum absolute atomic E-state index is 0.00509. The summed E-state index contributed by atoms with van der Waals surface area (Å²) in [4.78, 5) is 14.4. The van der Waals surface area contributed by atoms with Gasteiger partial charge in [-0.2, -0.15) is 5.10 Å². The molecule has 6 nitrogen and oxygen atoms in total. The van der Waals surface area contributed by atoms with Crippen molar-refractivity contribution in [2.24, 2.45) is 0 Å². The van der Waals surface area contributed by atoms with Crippen molar-refractivity contribution >= 4 is 11.7 Å². The van der Waals surface area contributed by atoms with Crippen LogP contribution in [0.2, 0.25) is 0 Å². The molecule has 1 fully saturated rings. The second-order valence-corrected chi connectivity index (χ2v) is 6.72. The quantitative estimate of drug-likeness (QED) is 0.920. The average molecular weight is 294 g/mol. The zero-order valence-corrected chi connectivity index (χ0v) is 13.6. The minimum atomic E-state index is -0.162. The number of aryl methyl sites for hydroxylation is 1. The van der Waals surface area contributed by atoms with E-state index in [-0.39, 0.29) is 17.6 Å². The third-order valence-electron chi connectivity index (χ3n) is 3.43. The van der Waals surface area contributed by atoms with E-state index in [0.29, 0.717) is 13.2 Å².